The molecule has 1 spiro atoms. The number of likely N-dealkylation sites (tertiary alicyclic amines) is 1. The second-order valence-corrected chi connectivity index (χ2v) is 9.03. The van der Waals surface area contributed by atoms with E-state index in [-0.39, 0.29) is 5.92 Å². The van der Waals surface area contributed by atoms with Crippen molar-refractivity contribution in [1.82, 2.24) is 10.2 Å². The Morgan fingerprint density at radius 1 is 1.19 bits per heavy atom. The highest BCUT2D eigenvalue weighted by Gasteiger charge is 2.58. The Balaban J connectivity index is 1.18. The smallest absolute Gasteiger partial charge is 0.223 e. The first-order valence-electron chi connectivity index (χ1n) is 10.9. The van der Waals surface area contributed by atoms with Crippen LogP contribution in [-0.4, -0.2) is 30.4 Å². The summed E-state index contributed by atoms with van der Waals surface area (Å²) < 4.78 is 0. The van der Waals surface area contributed by atoms with Gasteiger partial charge in [0.1, 0.15) is 0 Å². The number of nitrogens with one attached hydrogen (secondary N) is 1. The fourth-order valence-corrected chi connectivity index (χ4v) is 4.98. The van der Waals surface area contributed by atoms with Crippen LogP contribution in [0.2, 0.25) is 0 Å². The van der Waals surface area contributed by atoms with Crippen molar-refractivity contribution in [3.63, 3.8) is 0 Å². The Hall–Kier alpha value is -1.61. The van der Waals surface area contributed by atoms with Crippen LogP contribution in [0.15, 0.2) is 35.9 Å². The molecule has 2 aliphatic carbocycles. The van der Waals surface area contributed by atoms with Gasteiger partial charge in [-0.15, -0.1) is 0 Å². The van der Waals surface area contributed by atoms with Crippen LogP contribution in [0.5, 0.6) is 0 Å². The Morgan fingerprint density at radius 2 is 1.96 bits per heavy atom. The molecule has 3 aliphatic rings. The number of aryl methyl sites for hydroxylation is 1. The molecule has 1 N–H and O–H groups in total. The van der Waals surface area contributed by atoms with Crippen LogP contribution in [0.1, 0.15) is 62.5 Å². The highest BCUT2D eigenvalue weighted by Crippen LogP contribution is 2.59. The molecule has 1 aromatic carbocycles. The highest BCUT2D eigenvalue weighted by molar-refractivity contribution is 5.82. The molecule has 1 heterocycles. The number of nitrogens with zero attached hydrogens (tertiary/aromatic N) is 1. The second-order valence-electron chi connectivity index (χ2n) is 9.03. The molecular formula is C24H34N2O. The van der Waals surface area contributed by atoms with Crippen LogP contribution in [-0.2, 0) is 11.3 Å². The van der Waals surface area contributed by atoms with Gasteiger partial charge in [-0.2, -0.15) is 0 Å². The molecule has 1 saturated heterocycles. The maximum Gasteiger partial charge on any atom is 0.223 e. The van der Waals surface area contributed by atoms with E-state index in [2.05, 4.69) is 47.5 Å². The van der Waals surface area contributed by atoms with Crippen molar-refractivity contribution in [1.29, 1.82) is 0 Å². The molecule has 0 radical (unpaired) electrons. The molecule has 2 fully saturated rings. The minimum absolute atomic E-state index is 0.277. The summed E-state index contributed by atoms with van der Waals surface area (Å²) in [6.45, 7) is 6.27. The summed E-state index contributed by atoms with van der Waals surface area (Å²) in [6.07, 6.45) is 12.0. The molecular weight excluding hydrogens is 332 g/mol. The van der Waals surface area contributed by atoms with E-state index in [9.17, 15) is 4.79 Å². The predicted octanol–water partition coefficient (Wildman–Crippen LogP) is 4.60. The van der Waals surface area contributed by atoms with Crippen molar-refractivity contribution in [2.45, 2.75) is 64.8 Å². The zero-order chi connectivity index (χ0) is 18.7. The van der Waals surface area contributed by atoms with Crippen LogP contribution < -0.4 is 5.32 Å². The number of benzene rings is 1. The Bertz CT molecular complexity index is 683. The van der Waals surface area contributed by atoms with Crippen molar-refractivity contribution in [2.24, 2.45) is 11.3 Å². The lowest BCUT2D eigenvalue weighted by Crippen LogP contribution is -2.37. The lowest BCUT2D eigenvalue weighted by Gasteiger charge is -2.32. The number of amides is 1. The minimum atomic E-state index is 0.277. The third-order valence-electron chi connectivity index (χ3n) is 7.02. The highest BCUT2D eigenvalue weighted by atomic mass is 16.2. The molecule has 0 bridgehead atoms. The van der Waals surface area contributed by atoms with Crippen molar-refractivity contribution < 1.29 is 4.79 Å². The molecule has 1 saturated carbocycles. The fourth-order valence-electron chi connectivity index (χ4n) is 4.98. The van der Waals surface area contributed by atoms with Crippen molar-refractivity contribution in [2.75, 3.05) is 19.6 Å². The van der Waals surface area contributed by atoms with Gasteiger partial charge in [0.2, 0.25) is 5.91 Å². The summed E-state index contributed by atoms with van der Waals surface area (Å²) in [7, 11) is 0. The third kappa shape index (κ3) is 4.63. The van der Waals surface area contributed by atoms with Crippen LogP contribution in [0.3, 0.4) is 0 Å². The van der Waals surface area contributed by atoms with Gasteiger partial charge >= 0.3 is 0 Å². The van der Waals surface area contributed by atoms with Gasteiger partial charge in [0.25, 0.3) is 0 Å². The molecule has 1 aromatic rings. The van der Waals surface area contributed by atoms with Crippen molar-refractivity contribution in [3.8, 4) is 0 Å². The summed E-state index contributed by atoms with van der Waals surface area (Å²) in [4.78, 5) is 15.1. The average molecular weight is 367 g/mol. The topological polar surface area (TPSA) is 32.3 Å². The fraction of sp³-hybridized carbons (Fsp3) is 0.625. The predicted molar refractivity (Wildman–Crippen MR) is 110 cm³/mol. The lowest BCUT2D eigenvalue weighted by atomic mass is 9.90. The molecule has 0 aromatic heterocycles. The van der Waals surface area contributed by atoms with E-state index < -0.39 is 0 Å². The van der Waals surface area contributed by atoms with E-state index in [1.807, 2.05) is 0 Å². The Kier molecular flexibility index (Phi) is 5.68. The standard InChI is InChI=1S/C24H34N2O/c1-19-7-9-21(10-8-19)18-26-15-12-24(13-16-26)17-22(24)23(27)25-14-11-20-5-3-2-4-6-20/h5,7-10,22H,2-4,6,11-18H2,1H3,(H,25,27). The van der Waals surface area contributed by atoms with Crippen LogP contribution in [0.4, 0.5) is 0 Å². The van der Waals surface area contributed by atoms with Gasteiger partial charge in [0.05, 0.1) is 0 Å². The first-order chi connectivity index (χ1) is 13.1. The SMILES string of the molecule is Cc1ccc(CN2CCC3(CC2)CC3C(=O)NCCC2=CCCCC2)cc1. The second kappa shape index (κ2) is 8.18. The minimum Gasteiger partial charge on any atom is -0.356 e. The van der Waals surface area contributed by atoms with E-state index in [0.29, 0.717) is 11.3 Å². The van der Waals surface area contributed by atoms with Crippen LogP contribution in [0, 0.1) is 18.3 Å². The molecule has 3 nitrogen and oxygen atoms in total. The molecule has 1 unspecified atom stereocenters. The summed E-state index contributed by atoms with van der Waals surface area (Å²) in [5, 5.41) is 3.23. The van der Waals surface area contributed by atoms with Gasteiger partial charge in [0.15, 0.2) is 0 Å². The Labute approximate surface area is 164 Å². The Morgan fingerprint density at radius 3 is 2.67 bits per heavy atom. The van der Waals surface area contributed by atoms with E-state index in [1.165, 1.54) is 49.7 Å². The number of rotatable bonds is 6. The normalized spacial score (nSPS) is 24.5. The summed E-state index contributed by atoms with van der Waals surface area (Å²) in [5.41, 5.74) is 4.59. The summed E-state index contributed by atoms with van der Waals surface area (Å²) >= 11 is 0. The number of hydrogen-bond donors (Lipinski definition) is 1. The van der Waals surface area contributed by atoms with E-state index in [4.69, 9.17) is 0 Å². The number of piperidine rings is 1. The van der Waals surface area contributed by atoms with Gasteiger partial charge in [-0.3, -0.25) is 9.69 Å². The number of allylic oxidation sites excluding steroid dienone is 1. The van der Waals surface area contributed by atoms with Gasteiger partial charge in [0, 0.05) is 19.0 Å². The lowest BCUT2D eigenvalue weighted by molar-refractivity contribution is -0.123. The van der Waals surface area contributed by atoms with Gasteiger partial charge in [-0.05, 0) is 82.4 Å². The van der Waals surface area contributed by atoms with Gasteiger partial charge < -0.3 is 5.32 Å². The average Bonchev–Trinajstić information content (AvgIpc) is 3.40. The maximum absolute atomic E-state index is 12.6. The molecule has 1 amide bonds. The number of carbonyl (C=O) groups is 1. The molecule has 1 aliphatic heterocycles. The first-order valence-corrected chi connectivity index (χ1v) is 10.9. The van der Waals surface area contributed by atoms with Crippen molar-refractivity contribution in [3.05, 3.63) is 47.0 Å². The first kappa shape index (κ1) is 18.7. The molecule has 1 atom stereocenters. The van der Waals surface area contributed by atoms with Crippen LogP contribution >= 0.6 is 0 Å². The van der Waals surface area contributed by atoms with Crippen molar-refractivity contribution >= 4 is 5.91 Å². The van der Waals surface area contributed by atoms with Gasteiger partial charge in [-0.25, -0.2) is 0 Å². The molecule has 4 rings (SSSR count). The zero-order valence-corrected chi connectivity index (χ0v) is 16.8. The van der Waals surface area contributed by atoms with Gasteiger partial charge in [-0.1, -0.05) is 41.5 Å². The van der Waals surface area contributed by atoms with E-state index in [1.54, 1.807) is 5.57 Å². The monoisotopic (exact) mass is 366 g/mol. The number of hydrogen-bond acceptors (Lipinski definition) is 2. The van der Waals surface area contributed by atoms with E-state index in [0.717, 1.165) is 39.0 Å². The maximum atomic E-state index is 12.6. The number of carbonyl (C=O) groups excluding carboxylic acids is 1. The summed E-state index contributed by atoms with van der Waals surface area (Å²) in [6, 6.07) is 8.89. The summed E-state index contributed by atoms with van der Waals surface area (Å²) in [5.74, 6) is 0.595. The van der Waals surface area contributed by atoms with E-state index >= 15 is 0 Å². The third-order valence-corrected chi connectivity index (χ3v) is 7.02. The quantitative estimate of drug-likeness (QED) is 0.746. The molecule has 146 valence electrons. The molecule has 27 heavy (non-hydrogen) atoms. The molecule has 3 heteroatoms. The zero-order valence-electron chi connectivity index (χ0n) is 16.8. The largest absolute Gasteiger partial charge is 0.356 e. The van der Waals surface area contributed by atoms with Crippen LogP contribution in [0.25, 0.3) is 0 Å².